The first-order valence-electron chi connectivity index (χ1n) is 9.97. The number of hydrogen-bond acceptors (Lipinski definition) is 8. The molecule has 4 rings (SSSR count). The van der Waals surface area contributed by atoms with Gasteiger partial charge >= 0.3 is 0 Å². The van der Waals surface area contributed by atoms with Crippen LogP contribution < -0.4 is 5.32 Å². The minimum Gasteiger partial charge on any atom is -0.411 e. The van der Waals surface area contributed by atoms with Crippen molar-refractivity contribution < 1.29 is 22.4 Å². The lowest BCUT2D eigenvalue weighted by Gasteiger charge is -2.15. The number of carbonyl (C=O) groups excluding carboxylic acids is 1. The van der Waals surface area contributed by atoms with Crippen LogP contribution in [0.3, 0.4) is 0 Å². The standard InChI is InChI=1S/C19H24N4O5S2/c24-17(20-12-15-4-3-11-27-15)13-29-19-22-21-18(28-19)14-5-7-16(8-6-14)30(25,26)23-9-1-2-10-23/h5-8,15H,1-4,9-13H2,(H,20,24)/t15-/m1/s1. The topological polar surface area (TPSA) is 115 Å². The van der Waals surface area contributed by atoms with Crippen LogP contribution in [0.4, 0.5) is 0 Å². The molecule has 1 amide bonds. The van der Waals surface area contributed by atoms with Gasteiger partial charge in [0.15, 0.2) is 0 Å². The van der Waals surface area contributed by atoms with Crippen molar-refractivity contribution >= 4 is 27.7 Å². The highest BCUT2D eigenvalue weighted by Gasteiger charge is 2.27. The van der Waals surface area contributed by atoms with Gasteiger partial charge in [-0.15, -0.1) is 10.2 Å². The summed E-state index contributed by atoms with van der Waals surface area (Å²) in [4.78, 5) is 12.2. The Kier molecular flexibility index (Phi) is 6.71. The first kappa shape index (κ1) is 21.3. The van der Waals surface area contributed by atoms with Crippen molar-refractivity contribution in [1.29, 1.82) is 0 Å². The number of nitrogens with one attached hydrogen (secondary N) is 1. The predicted molar refractivity (Wildman–Crippen MR) is 110 cm³/mol. The van der Waals surface area contributed by atoms with Gasteiger partial charge in [-0.2, -0.15) is 4.31 Å². The average Bonchev–Trinajstić information content (AvgIpc) is 3.53. The molecule has 1 atom stereocenters. The maximum atomic E-state index is 12.6. The lowest BCUT2D eigenvalue weighted by molar-refractivity contribution is -0.119. The van der Waals surface area contributed by atoms with E-state index in [1.54, 1.807) is 24.3 Å². The maximum absolute atomic E-state index is 12.6. The number of rotatable bonds is 8. The van der Waals surface area contributed by atoms with E-state index < -0.39 is 10.0 Å². The Morgan fingerprint density at radius 1 is 1.17 bits per heavy atom. The molecule has 1 N–H and O–H groups in total. The van der Waals surface area contributed by atoms with Gasteiger partial charge in [-0.1, -0.05) is 11.8 Å². The Labute approximate surface area is 179 Å². The quantitative estimate of drug-likeness (QED) is 0.604. The largest absolute Gasteiger partial charge is 0.411 e. The summed E-state index contributed by atoms with van der Waals surface area (Å²) in [6.07, 6.45) is 3.90. The van der Waals surface area contributed by atoms with Crippen LogP contribution in [0.25, 0.3) is 11.5 Å². The van der Waals surface area contributed by atoms with E-state index in [1.165, 1.54) is 4.31 Å². The van der Waals surface area contributed by atoms with Crippen molar-refractivity contribution in [2.75, 3.05) is 32.0 Å². The number of thioether (sulfide) groups is 1. The summed E-state index contributed by atoms with van der Waals surface area (Å²) in [6.45, 7) is 2.40. The van der Waals surface area contributed by atoms with Crippen LogP contribution >= 0.6 is 11.8 Å². The van der Waals surface area contributed by atoms with E-state index >= 15 is 0 Å². The molecule has 0 aliphatic carbocycles. The van der Waals surface area contributed by atoms with Crippen LogP contribution in [0.5, 0.6) is 0 Å². The highest BCUT2D eigenvalue weighted by Crippen LogP contribution is 2.26. The third kappa shape index (κ3) is 5.02. The number of carbonyl (C=O) groups is 1. The Bertz CT molecular complexity index is 965. The van der Waals surface area contributed by atoms with Crippen molar-refractivity contribution in [3.8, 4) is 11.5 Å². The number of ether oxygens (including phenoxy) is 1. The van der Waals surface area contributed by atoms with Crippen molar-refractivity contribution in [3.63, 3.8) is 0 Å². The molecule has 2 aliphatic rings. The maximum Gasteiger partial charge on any atom is 0.277 e. The molecule has 0 radical (unpaired) electrons. The van der Waals surface area contributed by atoms with Gasteiger partial charge in [-0.3, -0.25) is 4.79 Å². The zero-order valence-corrected chi connectivity index (χ0v) is 18.1. The number of nitrogens with zero attached hydrogens (tertiary/aromatic N) is 3. The van der Waals surface area contributed by atoms with Gasteiger partial charge < -0.3 is 14.5 Å². The second-order valence-electron chi connectivity index (χ2n) is 7.24. The summed E-state index contributed by atoms with van der Waals surface area (Å²) in [5, 5.41) is 11.1. The first-order chi connectivity index (χ1) is 14.5. The van der Waals surface area contributed by atoms with Gasteiger partial charge in [-0.05, 0) is 49.9 Å². The number of aromatic nitrogens is 2. The SMILES string of the molecule is O=C(CSc1nnc(-c2ccc(S(=O)(=O)N3CCCC3)cc2)o1)NC[C@H]1CCCO1. The van der Waals surface area contributed by atoms with E-state index in [1.807, 2.05) is 0 Å². The van der Waals surface area contributed by atoms with Crippen LogP contribution in [-0.2, 0) is 19.6 Å². The normalized spacial score (nSPS) is 19.9. The summed E-state index contributed by atoms with van der Waals surface area (Å²) in [6, 6.07) is 6.41. The van der Waals surface area contributed by atoms with Crippen molar-refractivity contribution in [2.24, 2.45) is 0 Å². The summed E-state index contributed by atoms with van der Waals surface area (Å²) < 4.78 is 37.8. The Hall–Kier alpha value is -1.95. The molecule has 0 unspecified atom stereocenters. The summed E-state index contributed by atoms with van der Waals surface area (Å²) >= 11 is 1.16. The molecule has 9 nitrogen and oxygen atoms in total. The zero-order valence-electron chi connectivity index (χ0n) is 16.5. The van der Waals surface area contributed by atoms with E-state index in [-0.39, 0.29) is 33.8 Å². The zero-order chi connectivity index (χ0) is 21.0. The monoisotopic (exact) mass is 452 g/mol. The van der Waals surface area contributed by atoms with E-state index in [0.717, 1.165) is 44.1 Å². The minimum absolute atomic E-state index is 0.103. The second-order valence-corrected chi connectivity index (χ2v) is 10.1. The predicted octanol–water partition coefficient (Wildman–Crippen LogP) is 1.91. The number of amides is 1. The fourth-order valence-corrected chi connectivity index (χ4v) is 5.55. The van der Waals surface area contributed by atoms with Gasteiger partial charge in [-0.25, -0.2) is 8.42 Å². The molecule has 2 aliphatic heterocycles. The van der Waals surface area contributed by atoms with Gasteiger partial charge in [0, 0.05) is 31.8 Å². The van der Waals surface area contributed by atoms with Crippen LogP contribution in [0.2, 0.25) is 0 Å². The van der Waals surface area contributed by atoms with Gasteiger partial charge in [0.2, 0.25) is 21.8 Å². The highest BCUT2D eigenvalue weighted by molar-refractivity contribution is 7.99. The second kappa shape index (κ2) is 9.46. The fraction of sp³-hybridized carbons (Fsp3) is 0.526. The van der Waals surface area contributed by atoms with Crippen molar-refractivity contribution in [3.05, 3.63) is 24.3 Å². The highest BCUT2D eigenvalue weighted by atomic mass is 32.2. The molecule has 1 aromatic carbocycles. The van der Waals surface area contributed by atoms with Gasteiger partial charge in [0.05, 0.1) is 16.8 Å². The molecule has 0 saturated carbocycles. The lowest BCUT2D eigenvalue weighted by Crippen LogP contribution is -2.32. The molecule has 2 saturated heterocycles. The molecule has 162 valence electrons. The molecule has 2 aromatic rings. The molecule has 1 aromatic heterocycles. The average molecular weight is 453 g/mol. The molecular weight excluding hydrogens is 428 g/mol. The van der Waals surface area contributed by atoms with Crippen molar-refractivity contribution in [2.45, 2.75) is 41.9 Å². The smallest absolute Gasteiger partial charge is 0.277 e. The third-order valence-corrected chi connectivity index (χ3v) is 7.82. The third-order valence-electron chi connectivity index (χ3n) is 5.09. The van der Waals surface area contributed by atoms with E-state index in [2.05, 4.69) is 15.5 Å². The first-order valence-corrected chi connectivity index (χ1v) is 12.4. The Morgan fingerprint density at radius 3 is 2.63 bits per heavy atom. The van der Waals surface area contributed by atoms with Gasteiger partial charge in [0.1, 0.15) is 0 Å². The Balaban J connectivity index is 1.31. The summed E-state index contributed by atoms with van der Waals surface area (Å²) in [7, 11) is -3.45. The molecule has 0 bridgehead atoms. The van der Waals surface area contributed by atoms with Crippen LogP contribution in [0.15, 0.2) is 38.8 Å². The minimum atomic E-state index is -3.45. The van der Waals surface area contributed by atoms with Crippen LogP contribution in [-0.4, -0.2) is 66.9 Å². The number of hydrogen-bond donors (Lipinski definition) is 1. The van der Waals surface area contributed by atoms with E-state index in [9.17, 15) is 13.2 Å². The number of benzene rings is 1. The lowest BCUT2D eigenvalue weighted by atomic mass is 10.2. The number of sulfonamides is 1. The van der Waals surface area contributed by atoms with Gasteiger partial charge in [0.25, 0.3) is 5.22 Å². The Morgan fingerprint density at radius 2 is 1.93 bits per heavy atom. The molecule has 0 spiro atoms. The fourth-order valence-electron chi connectivity index (χ4n) is 3.44. The summed E-state index contributed by atoms with van der Waals surface area (Å²) in [5.74, 6) is 0.329. The van der Waals surface area contributed by atoms with E-state index in [4.69, 9.17) is 9.15 Å². The van der Waals surface area contributed by atoms with E-state index in [0.29, 0.717) is 25.2 Å². The molecule has 2 fully saturated rings. The molecular formula is C19H24N4O5S2. The summed E-state index contributed by atoms with van der Waals surface area (Å²) in [5.41, 5.74) is 0.623. The molecule has 30 heavy (non-hydrogen) atoms. The molecule has 11 heteroatoms. The van der Waals surface area contributed by atoms with Crippen LogP contribution in [0.1, 0.15) is 25.7 Å². The molecule has 3 heterocycles. The van der Waals surface area contributed by atoms with Crippen molar-refractivity contribution in [1.82, 2.24) is 19.8 Å². The van der Waals surface area contributed by atoms with Crippen LogP contribution in [0, 0.1) is 0 Å².